The van der Waals surface area contributed by atoms with E-state index in [1.807, 2.05) is 18.3 Å². The van der Waals surface area contributed by atoms with Crippen molar-refractivity contribution in [3.63, 3.8) is 0 Å². The maximum absolute atomic E-state index is 5.36. The molecule has 3 heteroatoms. The van der Waals surface area contributed by atoms with Crippen LogP contribution in [0.5, 0.6) is 0 Å². The molecule has 1 saturated carbocycles. The van der Waals surface area contributed by atoms with E-state index in [1.165, 1.54) is 22.6 Å². The number of rotatable bonds is 6. The summed E-state index contributed by atoms with van der Waals surface area (Å²) in [6.07, 6.45) is 2.72. The minimum Gasteiger partial charge on any atom is -0.376 e. The van der Waals surface area contributed by atoms with E-state index < -0.39 is 0 Å². The van der Waals surface area contributed by atoms with Gasteiger partial charge in [0.15, 0.2) is 0 Å². The second-order valence-electron chi connectivity index (χ2n) is 3.66. The highest BCUT2D eigenvalue weighted by atomic mass is 32.1. The van der Waals surface area contributed by atoms with Gasteiger partial charge in [-0.2, -0.15) is 0 Å². The van der Waals surface area contributed by atoms with Gasteiger partial charge < -0.3 is 10.1 Å². The lowest BCUT2D eigenvalue weighted by Crippen LogP contribution is -2.14. The molecule has 0 atom stereocenters. The van der Waals surface area contributed by atoms with Crippen molar-refractivity contribution in [3.05, 3.63) is 21.9 Å². The predicted octanol–water partition coefficient (Wildman–Crippen LogP) is 2.54. The van der Waals surface area contributed by atoms with E-state index in [4.69, 9.17) is 4.74 Å². The topological polar surface area (TPSA) is 21.3 Å². The van der Waals surface area contributed by atoms with Crippen LogP contribution in [0, 0.1) is 0 Å². The molecule has 2 nitrogen and oxygen atoms in total. The molecule has 0 spiro atoms. The van der Waals surface area contributed by atoms with Crippen LogP contribution in [-0.2, 0) is 17.9 Å². The molecule has 2 rings (SSSR count). The van der Waals surface area contributed by atoms with E-state index in [1.54, 1.807) is 0 Å². The zero-order chi connectivity index (χ0) is 9.80. The Bertz CT molecular complexity index is 281. The Morgan fingerprint density at radius 1 is 1.43 bits per heavy atom. The fraction of sp³-hybridized carbons (Fsp3) is 0.636. The smallest absolute Gasteiger partial charge is 0.0809 e. The Morgan fingerprint density at radius 3 is 2.93 bits per heavy atom. The molecule has 1 fully saturated rings. The summed E-state index contributed by atoms with van der Waals surface area (Å²) in [5, 5.41) is 3.51. The van der Waals surface area contributed by atoms with Crippen LogP contribution in [0.15, 0.2) is 12.1 Å². The van der Waals surface area contributed by atoms with Gasteiger partial charge in [-0.3, -0.25) is 0 Å². The van der Waals surface area contributed by atoms with E-state index in [0.717, 1.165) is 25.8 Å². The number of hydrogen-bond donors (Lipinski definition) is 1. The van der Waals surface area contributed by atoms with Gasteiger partial charge in [-0.15, -0.1) is 11.3 Å². The molecular weight excluding hydrogens is 194 g/mol. The van der Waals surface area contributed by atoms with Crippen LogP contribution in [0.1, 0.15) is 29.5 Å². The molecule has 1 N–H and O–H groups in total. The van der Waals surface area contributed by atoms with Crippen LogP contribution in [0.2, 0.25) is 0 Å². The van der Waals surface area contributed by atoms with E-state index in [2.05, 4.69) is 17.4 Å². The molecule has 0 amide bonds. The SMILES string of the molecule is CCOCc1ccc(CNC2CC2)s1. The molecule has 78 valence electrons. The van der Waals surface area contributed by atoms with Gasteiger partial charge in [0.05, 0.1) is 6.61 Å². The number of hydrogen-bond acceptors (Lipinski definition) is 3. The van der Waals surface area contributed by atoms with E-state index >= 15 is 0 Å². The standard InChI is InChI=1S/C11H17NOS/c1-2-13-8-11-6-5-10(14-11)7-12-9-3-4-9/h5-6,9,12H,2-4,7-8H2,1H3. The van der Waals surface area contributed by atoms with Crippen molar-refractivity contribution in [2.75, 3.05) is 6.61 Å². The lowest BCUT2D eigenvalue weighted by atomic mass is 10.4. The van der Waals surface area contributed by atoms with Crippen LogP contribution >= 0.6 is 11.3 Å². The third kappa shape index (κ3) is 3.08. The number of ether oxygens (including phenoxy) is 1. The minimum absolute atomic E-state index is 0.768. The Hall–Kier alpha value is -0.380. The number of nitrogens with one attached hydrogen (secondary N) is 1. The Balaban J connectivity index is 1.76. The third-order valence-corrected chi connectivity index (χ3v) is 3.37. The molecule has 14 heavy (non-hydrogen) atoms. The zero-order valence-electron chi connectivity index (χ0n) is 8.58. The van der Waals surface area contributed by atoms with Crippen LogP contribution in [0.3, 0.4) is 0 Å². The summed E-state index contributed by atoms with van der Waals surface area (Å²) in [6, 6.07) is 5.17. The molecule has 0 unspecified atom stereocenters. The lowest BCUT2D eigenvalue weighted by Gasteiger charge is -1.98. The molecule has 1 aliphatic carbocycles. The van der Waals surface area contributed by atoms with E-state index in [0.29, 0.717) is 0 Å². The molecule has 0 radical (unpaired) electrons. The molecule has 1 aromatic rings. The van der Waals surface area contributed by atoms with Crippen molar-refractivity contribution in [1.82, 2.24) is 5.32 Å². The fourth-order valence-corrected chi connectivity index (χ4v) is 2.24. The summed E-state index contributed by atoms with van der Waals surface area (Å²) < 4.78 is 5.36. The first-order valence-electron chi connectivity index (χ1n) is 5.27. The van der Waals surface area contributed by atoms with Crippen LogP contribution in [0.25, 0.3) is 0 Å². The van der Waals surface area contributed by atoms with E-state index in [-0.39, 0.29) is 0 Å². The fourth-order valence-electron chi connectivity index (χ4n) is 1.33. The first-order valence-corrected chi connectivity index (χ1v) is 6.09. The highest BCUT2D eigenvalue weighted by Gasteiger charge is 2.20. The van der Waals surface area contributed by atoms with Gasteiger partial charge >= 0.3 is 0 Å². The minimum atomic E-state index is 0.768. The van der Waals surface area contributed by atoms with Crippen LogP contribution in [-0.4, -0.2) is 12.6 Å². The van der Waals surface area contributed by atoms with Crippen LogP contribution in [0.4, 0.5) is 0 Å². The van der Waals surface area contributed by atoms with Gasteiger partial charge in [-0.05, 0) is 31.9 Å². The Kier molecular flexibility index (Phi) is 3.56. The first-order chi connectivity index (χ1) is 6.88. The molecular formula is C11H17NOS. The summed E-state index contributed by atoms with van der Waals surface area (Å²) in [5.74, 6) is 0. The summed E-state index contributed by atoms with van der Waals surface area (Å²) in [7, 11) is 0. The largest absolute Gasteiger partial charge is 0.376 e. The maximum atomic E-state index is 5.36. The van der Waals surface area contributed by atoms with Crippen molar-refractivity contribution in [2.24, 2.45) is 0 Å². The van der Waals surface area contributed by atoms with Gasteiger partial charge in [0, 0.05) is 28.9 Å². The molecule has 0 aromatic carbocycles. The number of thiophene rings is 1. The van der Waals surface area contributed by atoms with Crippen molar-refractivity contribution in [1.29, 1.82) is 0 Å². The Morgan fingerprint density at radius 2 is 2.21 bits per heavy atom. The lowest BCUT2D eigenvalue weighted by molar-refractivity contribution is 0.136. The summed E-state index contributed by atoms with van der Waals surface area (Å²) in [5.41, 5.74) is 0. The second kappa shape index (κ2) is 4.91. The second-order valence-corrected chi connectivity index (χ2v) is 4.91. The van der Waals surface area contributed by atoms with Crippen molar-refractivity contribution in [2.45, 2.75) is 39.0 Å². The average molecular weight is 211 g/mol. The van der Waals surface area contributed by atoms with Crippen molar-refractivity contribution in [3.8, 4) is 0 Å². The molecule has 0 aliphatic heterocycles. The van der Waals surface area contributed by atoms with Gasteiger partial charge in [0.25, 0.3) is 0 Å². The highest BCUT2D eigenvalue weighted by Crippen LogP contribution is 2.22. The normalized spacial score (nSPS) is 16.1. The maximum Gasteiger partial charge on any atom is 0.0809 e. The quantitative estimate of drug-likeness (QED) is 0.780. The Labute approximate surface area is 89.3 Å². The van der Waals surface area contributed by atoms with Crippen molar-refractivity contribution < 1.29 is 4.74 Å². The summed E-state index contributed by atoms with van der Waals surface area (Å²) in [4.78, 5) is 2.76. The zero-order valence-corrected chi connectivity index (χ0v) is 9.40. The molecule has 1 aliphatic rings. The predicted molar refractivity (Wildman–Crippen MR) is 59.5 cm³/mol. The molecule has 1 aromatic heterocycles. The van der Waals surface area contributed by atoms with Crippen molar-refractivity contribution >= 4 is 11.3 Å². The van der Waals surface area contributed by atoms with E-state index in [9.17, 15) is 0 Å². The molecule has 0 saturated heterocycles. The molecule has 0 bridgehead atoms. The van der Waals surface area contributed by atoms with Crippen LogP contribution < -0.4 is 5.32 Å². The average Bonchev–Trinajstić information content (AvgIpc) is 2.92. The van der Waals surface area contributed by atoms with Gasteiger partial charge in [-0.1, -0.05) is 0 Å². The first kappa shape index (κ1) is 10.1. The van der Waals surface area contributed by atoms with Gasteiger partial charge in [0.2, 0.25) is 0 Å². The summed E-state index contributed by atoms with van der Waals surface area (Å²) >= 11 is 1.86. The third-order valence-electron chi connectivity index (χ3n) is 2.31. The highest BCUT2D eigenvalue weighted by molar-refractivity contribution is 7.11. The monoisotopic (exact) mass is 211 g/mol. The van der Waals surface area contributed by atoms with Gasteiger partial charge in [0.1, 0.15) is 0 Å². The van der Waals surface area contributed by atoms with Gasteiger partial charge in [-0.25, -0.2) is 0 Å². The summed E-state index contributed by atoms with van der Waals surface area (Å²) in [6.45, 7) is 4.63. The molecule has 1 heterocycles.